The second kappa shape index (κ2) is 5.55. The molecule has 4 fully saturated rings. The monoisotopic (exact) mass is 374 g/mol. The third-order valence-corrected chi connectivity index (χ3v) is 8.65. The molecule has 140 valence electrons. The highest BCUT2D eigenvalue weighted by Crippen LogP contribution is 2.59. The van der Waals surface area contributed by atoms with E-state index >= 15 is 0 Å². The molecule has 1 aromatic rings. The Morgan fingerprint density at radius 1 is 1.12 bits per heavy atom. The fourth-order valence-corrected chi connectivity index (χ4v) is 7.59. The summed E-state index contributed by atoms with van der Waals surface area (Å²) < 4.78 is 28.7. The van der Waals surface area contributed by atoms with Gasteiger partial charge in [0.05, 0.1) is 10.8 Å². The van der Waals surface area contributed by atoms with Gasteiger partial charge in [0.25, 0.3) is 0 Å². The van der Waals surface area contributed by atoms with Crippen LogP contribution in [0.3, 0.4) is 0 Å². The Morgan fingerprint density at radius 3 is 2.35 bits per heavy atom. The second-order valence-corrected chi connectivity index (χ2v) is 11.0. The minimum absolute atomic E-state index is 0.0731. The second-order valence-electron chi connectivity index (χ2n) is 9.20. The topological polar surface area (TPSA) is 75.3 Å². The number of amides is 1. The number of anilines is 1. The van der Waals surface area contributed by atoms with E-state index in [9.17, 15) is 13.2 Å². The Labute approximate surface area is 155 Å². The van der Waals surface area contributed by atoms with E-state index in [1.807, 2.05) is 0 Å². The zero-order valence-electron chi connectivity index (χ0n) is 15.1. The summed E-state index contributed by atoms with van der Waals surface area (Å²) in [4.78, 5) is 12.1. The van der Waals surface area contributed by atoms with Crippen LogP contribution in [0.15, 0.2) is 23.1 Å². The predicted molar refractivity (Wildman–Crippen MR) is 99.3 cm³/mol. The molecule has 6 heteroatoms. The summed E-state index contributed by atoms with van der Waals surface area (Å²) in [6.45, 7) is 2.36. The number of nitrogens with one attached hydrogen (secondary N) is 2. The van der Waals surface area contributed by atoms with Crippen LogP contribution < -0.4 is 10.0 Å². The molecule has 4 aliphatic carbocycles. The number of rotatable bonds is 4. The van der Waals surface area contributed by atoms with Gasteiger partial charge in [-0.25, -0.2) is 13.1 Å². The third-order valence-electron chi connectivity index (χ3n) is 7.25. The van der Waals surface area contributed by atoms with Gasteiger partial charge >= 0.3 is 0 Å². The maximum atomic E-state index is 12.9. The number of fused-ring (bicyclic) bond motifs is 1. The van der Waals surface area contributed by atoms with Crippen LogP contribution in [0, 0.1) is 23.2 Å². The van der Waals surface area contributed by atoms with Crippen LogP contribution in [0.4, 0.5) is 5.69 Å². The molecule has 1 aliphatic heterocycles. The average Bonchev–Trinajstić information content (AvgIpc) is 2.86. The molecule has 1 aromatic carbocycles. The van der Waals surface area contributed by atoms with Crippen LogP contribution in [0.1, 0.15) is 56.9 Å². The standard InChI is InChI=1S/C20H26N2O3S/c1-12-17-7-16(2-3-18(17)22-19(12)23)26(24,25)21-11-20-8-13-4-14(9-20)6-15(5-13)10-20/h2-3,7,12-15,21H,4-6,8-11H2,1H3,(H,22,23)/t12-,13?,14?,15?,20?/m0/s1. The molecule has 0 saturated heterocycles. The van der Waals surface area contributed by atoms with Gasteiger partial charge < -0.3 is 5.32 Å². The van der Waals surface area contributed by atoms with Crippen molar-refractivity contribution >= 4 is 21.6 Å². The zero-order valence-corrected chi connectivity index (χ0v) is 15.9. The lowest BCUT2D eigenvalue weighted by Gasteiger charge is -2.56. The third kappa shape index (κ3) is 2.61. The summed E-state index contributed by atoms with van der Waals surface area (Å²) >= 11 is 0. The molecule has 0 spiro atoms. The number of benzene rings is 1. The van der Waals surface area contributed by atoms with E-state index in [1.54, 1.807) is 25.1 Å². The molecule has 2 N–H and O–H groups in total. The number of carbonyl (C=O) groups is 1. The normalized spacial score (nSPS) is 37.7. The Balaban J connectivity index is 1.35. The number of sulfonamides is 1. The van der Waals surface area contributed by atoms with Crippen molar-refractivity contribution in [1.82, 2.24) is 4.72 Å². The summed E-state index contributed by atoms with van der Waals surface area (Å²) in [6, 6.07) is 4.95. The molecule has 4 bridgehead atoms. The van der Waals surface area contributed by atoms with Gasteiger partial charge in [-0.3, -0.25) is 4.79 Å². The van der Waals surface area contributed by atoms with Crippen LogP contribution in [-0.2, 0) is 14.8 Å². The van der Waals surface area contributed by atoms with E-state index in [0.717, 1.165) is 29.0 Å². The Bertz CT molecular complexity index is 842. The minimum atomic E-state index is -3.56. The highest BCUT2D eigenvalue weighted by atomic mass is 32.2. The first-order chi connectivity index (χ1) is 12.3. The Hall–Kier alpha value is -1.40. The van der Waals surface area contributed by atoms with Crippen molar-refractivity contribution in [3.05, 3.63) is 23.8 Å². The van der Waals surface area contributed by atoms with Gasteiger partial charge in [-0.15, -0.1) is 0 Å². The van der Waals surface area contributed by atoms with Gasteiger partial charge in [0.1, 0.15) is 0 Å². The van der Waals surface area contributed by atoms with E-state index in [0.29, 0.717) is 6.54 Å². The molecule has 0 aromatic heterocycles. The summed E-state index contributed by atoms with van der Waals surface area (Å²) in [5.41, 5.74) is 1.67. The molecule has 26 heavy (non-hydrogen) atoms. The fraction of sp³-hybridized carbons (Fsp3) is 0.650. The minimum Gasteiger partial charge on any atom is -0.325 e. The Kier molecular flexibility index (Phi) is 3.58. The molecule has 5 nitrogen and oxygen atoms in total. The maximum Gasteiger partial charge on any atom is 0.240 e. The molecule has 0 radical (unpaired) electrons. The van der Waals surface area contributed by atoms with Crippen molar-refractivity contribution in [1.29, 1.82) is 0 Å². The lowest BCUT2D eigenvalue weighted by atomic mass is 9.50. The maximum absolute atomic E-state index is 12.9. The highest BCUT2D eigenvalue weighted by Gasteiger charge is 2.51. The van der Waals surface area contributed by atoms with Crippen molar-refractivity contribution in [2.24, 2.45) is 23.2 Å². The summed E-state index contributed by atoms with van der Waals surface area (Å²) in [6.07, 6.45) is 7.62. The van der Waals surface area contributed by atoms with Gasteiger partial charge in [-0.1, -0.05) is 0 Å². The first-order valence-corrected chi connectivity index (χ1v) is 11.3. The lowest BCUT2D eigenvalue weighted by Crippen LogP contribution is -2.51. The van der Waals surface area contributed by atoms with E-state index in [1.165, 1.54) is 38.5 Å². The van der Waals surface area contributed by atoms with Gasteiger partial charge in [-0.05, 0) is 92.4 Å². The highest BCUT2D eigenvalue weighted by molar-refractivity contribution is 7.89. The molecular formula is C20H26N2O3S. The molecule has 5 aliphatic rings. The van der Waals surface area contributed by atoms with Crippen LogP contribution >= 0.6 is 0 Å². The average molecular weight is 375 g/mol. The number of hydrogen-bond acceptors (Lipinski definition) is 3. The van der Waals surface area contributed by atoms with Crippen molar-refractivity contribution in [3.63, 3.8) is 0 Å². The molecule has 4 saturated carbocycles. The van der Waals surface area contributed by atoms with Crippen LogP contribution in [0.5, 0.6) is 0 Å². The van der Waals surface area contributed by atoms with Crippen LogP contribution in [0.25, 0.3) is 0 Å². The summed E-state index contributed by atoms with van der Waals surface area (Å²) in [5.74, 6) is 2.05. The fourth-order valence-electron chi connectivity index (χ4n) is 6.40. The molecule has 1 atom stereocenters. The van der Waals surface area contributed by atoms with Crippen molar-refractivity contribution < 1.29 is 13.2 Å². The first kappa shape index (κ1) is 16.8. The summed E-state index contributed by atoms with van der Waals surface area (Å²) in [5, 5.41) is 2.79. The van der Waals surface area contributed by atoms with Gasteiger partial charge in [0.15, 0.2) is 0 Å². The van der Waals surface area contributed by atoms with Gasteiger partial charge in [0.2, 0.25) is 15.9 Å². The van der Waals surface area contributed by atoms with E-state index in [-0.39, 0.29) is 22.1 Å². The first-order valence-electron chi connectivity index (χ1n) is 9.78. The van der Waals surface area contributed by atoms with Gasteiger partial charge in [-0.2, -0.15) is 0 Å². The SMILES string of the molecule is C[C@@H]1C(=O)Nc2ccc(S(=O)(=O)NCC34CC5CC(CC(C5)C3)C4)cc21. The molecule has 1 heterocycles. The molecular weight excluding hydrogens is 348 g/mol. The van der Waals surface area contributed by atoms with E-state index in [2.05, 4.69) is 10.0 Å². The van der Waals surface area contributed by atoms with Crippen LogP contribution in [0.2, 0.25) is 0 Å². The summed E-state index contributed by atoms with van der Waals surface area (Å²) in [7, 11) is -3.56. The van der Waals surface area contributed by atoms with Crippen molar-refractivity contribution in [3.8, 4) is 0 Å². The van der Waals surface area contributed by atoms with Crippen molar-refractivity contribution in [2.75, 3.05) is 11.9 Å². The molecule has 6 rings (SSSR count). The number of carbonyl (C=O) groups excluding carboxylic acids is 1. The largest absolute Gasteiger partial charge is 0.325 e. The number of hydrogen-bond donors (Lipinski definition) is 2. The predicted octanol–water partition coefficient (Wildman–Crippen LogP) is 3.24. The van der Waals surface area contributed by atoms with E-state index < -0.39 is 10.0 Å². The molecule has 1 amide bonds. The molecule has 0 unspecified atom stereocenters. The van der Waals surface area contributed by atoms with Crippen LogP contribution in [-0.4, -0.2) is 20.9 Å². The zero-order chi connectivity index (χ0) is 18.1. The Morgan fingerprint density at radius 2 is 1.73 bits per heavy atom. The quantitative estimate of drug-likeness (QED) is 0.849. The van der Waals surface area contributed by atoms with E-state index in [4.69, 9.17) is 0 Å². The lowest BCUT2D eigenvalue weighted by molar-refractivity contribution is -0.116. The smallest absolute Gasteiger partial charge is 0.240 e. The van der Waals surface area contributed by atoms with Gasteiger partial charge in [0, 0.05) is 12.2 Å². The van der Waals surface area contributed by atoms with Crippen molar-refractivity contribution in [2.45, 2.75) is 56.3 Å².